The third-order valence-corrected chi connectivity index (χ3v) is 3.30. The summed E-state index contributed by atoms with van der Waals surface area (Å²) < 4.78 is 5.48. The molecular formula is C18H14N4O3. The van der Waals surface area contributed by atoms with Crippen molar-refractivity contribution in [2.45, 2.75) is 0 Å². The first-order valence-corrected chi connectivity index (χ1v) is 7.38. The minimum Gasteiger partial charge on any atom is -0.424 e. The number of hydrogen-bond acceptors (Lipinski definition) is 5. The molecule has 0 spiro atoms. The normalized spacial score (nSPS) is 10.1. The molecule has 3 aromatic rings. The maximum atomic E-state index is 12.2. The molecule has 0 bridgehead atoms. The zero-order valence-corrected chi connectivity index (χ0v) is 13.0. The highest BCUT2D eigenvalue weighted by molar-refractivity contribution is 6.05. The fourth-order valence-corrected chi connectivity index (χ4v) is 2.04. The molecule has 0 aliphatic heterocycles. The summed E-state index contributed by atoms with van der Waals surface area (Å²) in [6.45, 7) is 0. The summed E-state index contributed by atoms with van der Waals surface area (Å²) in [7, 11) is 0. The molecule has 2 amide bonds. The van der Waals surface area contributed by atoms with E-state index in [1.54, 1.807) is 54.9 Å². The van der Waals surface area contributed by atoms with Crippen molar-refractivity contribution in [2.24, 2.45) is 5.73 Å². The van der Waals surface area contributed by atoms with Crippen molar-refractivity contribution in [3.63, 3.8) is 0 Å². The van der Waals surface area contributed by atoms with Crippen LogP contribution in [0.2, 0.25) is 0 Å². The number of hydrogen-bond donors (Lipinski definition) is 2. The summed E-state index contributed by atoms with van der Waals surface area (Å²) in [6, 6.07) is 14.8. The zero-order valence-electron chi connectivity index (χ0n) is 13.0. The molecule has 1 aromatic heterocycles. The summed E-state index contributed by atoms with van der Waals surface area (Å²) in [5.74, 6) is -0.281. The largest absolute Gasteiger partial charge is 0.424 e. The fourth-order valence-electron chi connectivity index (χ4n) is 2.04. The molecule has 0 fully saturated rings. The molecule has 124 valence electrons. The molecule has 0 aliphatic carbocycles. The summed E-state index contributed by atoms with van der Waals surface area (Å²) in [4.78, 5) is 31.2. The van der Waals surface area contributed by atoms with Gasteiger partial charge in [0.25, 0.3) is 5.91 Å². The molecule has 25 heavy (non-hydrogen) atoms. The highest BCUT2D eigenvalue weighted by Gasteiger charge is 2.08. The number of primary amides is 1. The van der Waals surface area contributed by atoms with Crippen LogP contribution in [0.4, 0.5) is 5.69 Å². The van der Waals surface area contributed by atoms with E-state index in [2.05, 4.69) is 15.3 Å². The van der Waals surface area contributed by atoms with Gasteiger partial charge in [-0.3, -0.25) is 9.59 Å². The minimum absolute atomic E-state index is 0.244. The number of nitrogens with zero attached hydrogens (tertiary/aromatic N) is 2. The third kappa shape index (κ3) is 4.17. The molecule has 3 rings (SSSR count). The number of ether oxygens (including phenoxy) is 1. The van der Waals surface area contributed by atoms with Gasteiger partial charge in [0.1, 0.15) is 5.75 Å². The Balaban J connectivity index is 1.64. The van der Waals surface area contributed by atoms with E-state index in [-0.39, 0.29) is 11.9 Å². The van der Waals surface area contributed by atoms with E-state index in [9.17, 15) is 9.59 Å². The number of amides is 2. The Morgan fingerprint density at radius 3 is 2.08 bits per heavy atom. The second-order valence-electron chi connectivity index (χ2n) is 5.05. The molecule has 7 heteroatoms. The average molecular weight is 334 g/mol. The number of rotatable bonds is 5. The summed E-state index contributed by atoms with van der Waals surface area (Å²) in [5.41, 5.74) is 6.54. The Kier molecular flexibility index (Phi) is 4.66. The SMILES string of the molecule is NC(=O)c1ccc(C(=O)Nc2ccc(Oc3ncccn3)cc2)cc1. The molecule has 0 aliphatic rings. The number of nitrogens with one attached hydrogen (secondary N) is 1. The van der Waals surface area contributed by atoms with Crippen LogP contribution in [0.15, 0.2) is 67.0 Å². The maximum absolute atomic E-state index is 12.2. The molecule has 1 heterocycles. The predicted molar refractivity (Wildman–Crippen MR) is 91.5 cm³/mol. The highest BCUT2D eigenvalue weighted by Crippen LogP contribution is 2.20. The zero-order chi connectivity index (χ0) is 17.6. The first-order chi connectivity index (χ1) is 12.1. The van der Waals surface area contributed by atoms with Crippen LogP contribution in [-0.2, 0) is 0 Å². The minimum atomic E-state index is -0.537. The molecular weight excluding hydrogens is 320 g/mol. The van der Waals surface area contributed by atoms with Crippen LogP contribution in [0, 0.1) is 0 Å². The Morgan fingerprint density at radius 2 is 1.48 bits per heavy atom. The van der Waals surface area contributed by atoms with Crippen LogP contribution >= 0.6 is 0 Å². The molecule has 0 atom stereocenters. The molecule has 2 aromatic carbocycles. The molecule has 0 saturated heterocycles. The lowest BCUT2D eigenvalue weighted by Crippen LogP contribution is -2.14. The third-order valence-electron chi connectivity index (χ3n) is 3.30. The smallest absolute Gasteiger partial charge is 0.321 e. The molecule has 3 N–H and O–H groups in total. The van der Waals surface area contributed by atoms with Crippen molar-refractivity contribution >= 4 is 17.5 Å². The lowest BCUT2D eigenvalue weighted by Gasteiger charge is -2.07. The van der Waals surface area contributed by atoms with Crippen LogP contribution in [0.25, 0.3) is 0 Å². The summed E-state index contributed by atoms with van der Waals surface area (Å²) in [6.07, 6.45) is 3.17. The Morgan fingerprint density at radius 1 is 0.880 bits per heavy atom. The van der Waals surface area contributed by atoms with Crippen LogP contribution in [0.5, 0.6) is 11.8 Å². The Bertz CT molecular complexity index is 878. The molecule has 0 unspecified atom stereocenters. The van der Waals surface area contributed by atoms with Gasteiger partial charge in [-0.1, -0.05) is 0 Å². The fraction of sp³-hybridized carbons (Fsp3) is 0. The van der Waals surface area contributed by atoms with Gasteiger partial charge in [0.2, 0.25) is 5.91 Å². The van der Waals surface area contributed by atoms with Crippen LogP contribution < -0.4 is 15.8 Å². The van der Waals surface area contributed by atoms with E-state index in [1.807, 2.05) is 0 Å². The molecule has 0 saturated carbocycles. The monoisotopic (exact) mass is 334 g/mol. The van der Waals surface area contributed by atoms with Gasteiger partial charge in [-0.15, -0.1) is 0 Å². The van der Waals surface area contributed by atoms with Crippen molar-refractivity contribution in [3.8, 4) is 11.8 Å². The Labute approximate surface area is 143 Å². The maximum Gasteiger partial charge on any atom is 0.321 e. The van der Waals surface area contributed by atoms with Gasteiger partial charge >= 0.3 is 6.01 Å². The second-order valence-corrected chi connectivity index (χ2v) is 5.05. The highest BCUT2D eigenvalue weighted by atomic mass is 16.5. The van der Waals surface area contributed by atoms with E-state index < -0.39 is 5.91 Å². The number of nitrogens with two attached hydrogens (primary N) is 1. The van der Waals surface area contributed by atoms with Gasteiger partial charge in [-0.05, 0) is 54.6 Å². The number of carbonyl (C=O) groups excluding carboxylic acids is 2. The standard InChI is InChI=1S/C18H14N4O3/c19-16(23)12-2-4-13(5-3-12)17(24)22-14-6-8-15(9-7-14)25-18-20-10-1-11-21-18/h1-11H,(H2,19,23)(H,22,24). The van der Waals surface area contributed by atoms with Crippen LogP contribution in [0.3, 0.4) is 0 Å². The number of benzene rings is 2. The van der Waals surface area contributed by atoms with Crippen molar-refractivity contribution in [1.82, 2.24) is 9.97 Å². The van der Waals surface area contributed by atoms with Gasteiger partial charge in [0, 0.05) is 29.2 Å². The van der Waals surface area contributed by atoms with E-state index in [4.69, 9.17) is 10.5 Å². The van der Waals surface area contributed by atoms with Gasteiger partial charge < -0.3 is 15.8 Å². The van der Waals surface area contributed by atoms with Gasteiger partial charge in [-0.25, -0.2) is 9.97 Å². The lowest BCUT2D eigenvalue weighted by atomic mass is 10.1. The lowest BCUT2D eigenvalue weighted by molar-refractivity contribution is 0.0995. The van der Waals surface area contributed by atoms with Gasteiger partial charge in [0.15, 0.2) is 0 Å². The topological polar surface area (TPSA) is 107 Å². The quantitative estimate of drug-likeness (QED) is 0.746. The number of carbonyl (C=O) groups is 2. The predicted octanol–water partition coefficient (Wildman–Crippen LogP) is 2.62. The van der Waals surface area contributed by atoms with E-state index >= 15 is 0 Å². The van der Waals surface area contributed by atoms with Crippen molar-refractivity contribution in [3.05, 3.63) is 78.1 Å². The van der Waals surface area contributed by atoms with Gasteiger partial charge in [0.05, 0.1) is 0 Å². The second kappa shape index (κ2) is 7.22. The number of anilines is 1. The first-order valence-electron chi connectivity index (χ1n) is 7.38. The van der Waals surface area contributed by atoms with E-state index in [1.165, 1.54) is 12.1 Å². The summed E-state index contributed by atoms with van der Waals surface area (Å²) >= 11 is 0. The number of aromatic nitrogens is 2. The molecule has 0 radical (unpaired) electrons. The van der Waals surface area contributed by atoms with Crippen LogP contribution in [0.1, 0.15) is 20.7 Å². The summed E-state index contributed by atoms with van der Waals surface area (Å²) in [5, 5.41) is 2.76. The van der Waals surface area contributed by atoms with Gasteiger partial charge in [-0.2, -0.15) is 0 Å². The molecule has 7 nitrogen and oxygen atoms in total. The van der Waals surface area contributed by atoms with Crippen molar-refractivity contribution in [1.29, 1.82) is 0 Å². The first kappa shape index (κ1) is 16.1. The van der Waals surface area contributed by atoms with E-state index in [0.717, 1.165) is 0 Å². The Hall–Kier alpha value is -3.74. The van der Waals surface area contributed by atoms with Crippen molar-refractivity contribution < 1.29 is 14.3 Å². The van der Waals surface area contributed by atoms with Crippen LogP contribution in [-0.4, -0.2) is 21.8 Å². The van der Waals surface area contributed by atoms with Crippen molar-refractivity contribution in [2.75, 3.05) is 5.32 Å². The van der Waals surface area contributed by atoms with E-state index in [0.29, 0.717) is 22.6 Å². The average Bonchev–Trinajstić information content (AvgIpc) is 2.64.